The standard InChI is InChI=1S/C28H22N4O2Se4/c33-25(19-7-3-1-4-8-19)31-27(35)29-21-11-15-23(16-12-21)37-38-24-17-13-22(14-18-24)30-28(36)32-26(34)20-9-5-2-6-10-20/h1-18H,(H2,29,31,33,35)(H2,30,32,34,36). The molecule has 6 nitrogen and oxygen atoms in total. The predicted octanol–water partition coefficient (Wildman–Crippen LogP) is 1.16. The molecule has 10 heteroatoms. The SMILES string of the molecule is O=C(NC(=[Se])Nc1ccc([Se][Se]c2ccc(NC(=[Se])NC(=O)c3ccccc3)cc2)cc1)c1ccccc1. The van der Waals surface area contributed by atoms with E-state index in [-0.39, 0.29) is 11.8 Å². The first-order valence-electron chi connectivity index (χ1n) is 11.4. The Morgan fingerprint density at radius 3 is 1.18 bits per heavy atom. The van der Waals surface area contributed by atoms with E-state index in [0.29, 0.717) is 46.7 Å². The van der Waals surface area contributed by atoms with Crippen LogP contribution in [0.25, 0.3) is 0 Å². The van der Waals surface area contributed by atoms with E-state index >= 15 is 0 Å². The van der Waals surface area contributed by atoms with Crippen molar-refractivity contribution in [3.63, 3.8) is 0 Å². The van der Waals surface area contributed by atoms with Crippen molar-refractivity contribution in [1.82, 2.24) is 10.6 Å². The fourth-order valence-corrected chi connectivity index (χ4v) is 9.98. The summed E-state index contributed by atoms with van der Waals surface area (Å²) in [7, 11) is 0. The maximum atomic E-state index is 12.3. The Labute approximate surface area is 248 Å². The molecule has 0 heterocycles. The fourth-order valence-electron chi connectivity index (χ4n) is 3.14. The quantitative estimate of drug-likeness (QED) is 0.173. The van der Waals surface area contributed by atoms with Crippen molar-refractivity contribution < 1.29 is 9.59 Å². The van der Waals surface area contributed by atoms with Gasteiger partial charge in [0.1, 0.15) is 0 Å². The molecule has 0 spiro atoms. The van der Waals surface area contributed by atoms with E-state index in [9.17, 15) is 9.59 Å². The van der Waals surface area contributed by atoms with Gasteiger partial charge in [-0.15, -0.1) is 0 Å². The van der Waals surface area contributed by atoms with E-state index < -0.39 is 0 Å². The van der Waals surface area contributed by atoms with Crippen molar-refractivity contribution in [2.24, 2.45) is 0 Å². The van der Waals surface area contributed by atoms with Crippen molar-refractivity contribution in [3.05, 3.63) is 120 Å². The van der Waals surface area contributed by atoms with Gasteiger partial charge in [0.25, 0.3) is 0 Å². The molecule has 4 aromatic rings. The molecule has 0 aromatic heterocycles. The topological polar surface area (TPSA) is 82.3 Å². The number of nitrogens with one attached hydrogen (secondary N) is 4. The molecular formula is C28H22N4O2Se4. The second-order valence-electron chi connectivity index (χ2n) is 7.76. The molecule has 0 aliphatic rings. The Hall–Kier alpha value is -2.76. The third-order valence-corrected chi connectivity index (χ3v) is 13.1. The van der Waals surface area contributed by atoms with Gasteiger partial charge in [0.2, 0.25) is 0 Å². The Morgan fingerprint density at radius 1 is 0.500 bits per heavy atom. The summed E-state index contributed by atoms with van der Waals surface area (Å²) in [6.45, 7) is 0. The van der Waals surface area contributed by atoms with Crippen molar-refractivity contribution in [1.29, 1.82) is 0 Å². The van der Waals surface area contributed by atoms with Crippen LogP contribution in [0.4, 0.5) is 11.4 Å². The van der Waals surface area contributed by atoms with Crippen LogP contribution in [-0.4, -0.2) is 78.6 Å². The number of carbonyl (C=O) groups is 2. The molecule has 0 atom stereocenters. The molecule has 190 valence electrons. The van der Waals surface area contributed by atoms with Gasteiger partial charge in [0.15, 0.2) is 0 Å². The van der Waals surface area contributed by atoms with Gasteiger partial charge in [0, 0.05) is 0 Å². The van der Waals surface area contributed by atoms with Gasteiger partial charge >= 0.3 is 250 Å². The average Bonchev–Trinajstić information content (AvgIpc) is 2.94. The fraction of sp³-hybridized carbons (Fsp3) is 0. The molecule has 0 radical (unpaired) electrons. The average molecular weight is 762 g/mol. The van der Waals surface area contributed by atoms with E-state index in [1.165, 1.54) is 8.92 Å². The number of carbonyl (C=O) groups excluding carboxylic acids is 2. The molecule has 2 amide bonds. The molecule has 0 bridgehead atoms. The number of rotatable bonds is 11. The van der Waals surface area contributed by atoms with E-state index in [2.05, 4.69) is 76.7 Å². The summed E-state index contributed by atoms with van der Waals surface area (Å²) in [6.07, 6.45) is 0. The molecule has 38 heavy (non-hydrogen) atoms. The van der Waals surface area contributed by atoms with Crippen LogP contribution in [0.5, 0.6) is 0 Å². The first-order chi connectivity index (χ1) is 18.5. The van der Waals surface area contributed by atoms with Crippen molar-refractivity contribution in [2.75, 3.05) is 10.6 Å². The number of benzene rings is 4. The second-order valence-corrected chi connectivity index (χ2v) is 15.8. The van der Waals surface area contributed by atoms with Crippen LogP contribution in [0.1, 0.15) is 20.7 Å². The van der Waals surface area contributed by atoms with E-state index in [1.807, 2.05) is 60.7 Å². The molecule has 4 N–H and O–H groups in total. The first kappa shape index (κ1) is 28.3. The van der Waals surface area contributed by atoms with Crippen molar-refractivity contribution in [3.8, 4) is 0 Å². The molecule has 0 fully saturated rings. The predicted molar refractivity (Wildman–Crippen MR) is 160 cm³/mol. The molecule has 0 saturated heterocycles. The second kappa shape index (κ2) is 14.4. The van der Waals surface area contributed by atoms with E-state index in [1.54, 1.807) is 24.3 Å². The molecule has 0 unspecified atom stereocenters. The zero-order chi connectivity index (χ0) is 26.7. The Bertz CT molecular complexity index is 1300. The summed E-state index contributed by atoms with van der Waals surface area (Å²) >= 11 is 6.42. The number of hydrogen-bond donors (Lipinski definition) is 4. The minimum atomic E-state index is -0.168. The van der Waals surface area contributed by atoms with Gasteiger partial charge in [-0.1, -0.05) is 0 Å². The summed E-state index contributed by atoms with van der Waals surface area (Å²) in [6, 6.07) is 34.8. The van der Waals surface area contributed by atoms with Crippen LogP contribution in [0, 0.1) is 0 Å². The monoisotopic (exact) mass is 766 g/mol. The van der Waals surface area contributed by atoms with E-state index in [4.69, 9.17) is 0 Å². The molecule has 0 aliphatic carbocycles. The summed E-state index contributed by atoms with van der Waals surface area (Å²) in [5.74, 6) is -0.335. The van der Waals surface area contributed by atoms with Gasteiger partial charge in [-0.2, -0.15) is 0 Å². The summed E-state index contributed by atoms with van der Waals surface area (Å²) in [5, 5.41) is 12.0. The zero-order valence-electron chi connectivity index (χ0n) is 19.8. The summed E-state index contributed by atoms with van der Waals surface area (Å²) < 4.78 is 3.73. The van der Waals surface area contributed by atoms with E-state index in [0.717, 1.165) is 11.4 Å². The van der Waals surface area contributed by atoms with Gasteiger partial charge in [-0.05, 0) is 0 Å². The van der Waals surface area contributed by atoms with Crippen LogP contribution < -0.4 is 30.2 Å². The molecule has 0 saturated carbocycles. The van der Waals surface area contributed by atoms with Crippen LogP contribution in [-0.2, 0) is 0 Å². The normalized spacial score (nSPS) is 10.2. The van der Waals surface area contributed by atoms with Gasteiger partial charge in [0.05, 0.1) is 0 Å². The van der Waals surface area contributed by atoms with Crippen LogP contribution >= 0.6 is 0 Å². The van der Waals surface area contributed by atoms with Gasteiger partial charge in [-0.25, -0.2) is 0 Å². The van der Waals surface area contributed by atoms with Crippen molar-refractivity contribution >= 4 is 98.9 Å². The van der Waals surface area contributed by atoms with Gasteiger partial charge in [-0.3, -0.25) is 0 Å². The molecular weight excluding hydrogens is 740 g/mol. The summed E-state index contributed by atoms with van der Waals surface area (Å²) in [5.41, 5.74) is 3.01. The Kier molecular flexibility index (Phi) is 10.7. The Balaban J connectivity index is 1.21. The minimum absolute atomic E-state index is 0.168. The zero-order valence-corrected chi connectivity index (χ0v) is 26.7. The van der Waals surface area contributed by atoms with Crippen molar-refractivity contribution in [2.45, 2.75) is 0 Å². The molecule has 4 rings (SSSR count). The number of amides is 2. The molecule has 4 aromatic carbocycles. The summed E-state index contributed by atoms with van der Waals surface area (Å²) in [4.78, 5) is 24.6. The number of hydrogen-bond acceptors (Lipinski definition) is 4. The van der Waals surface area contributed by atoms with Gasteiger partial charge < -0.3 is 0 Å². The third-order valence-electron chi connectivity index (χ3n) is 4.98. The molecule has 0 aliphatic heterocycles. The first-order valence-corrected chi connectivity index (χ1v) is 19.1. The van der Waals surface area contributed by atoms with Crippen LogP contribution in [0.15, 0.2) is 109 Å². The van der Waals surface area contributed by atoms with Crippen LogP contribution in [0.3, 0.4) is 0 Å². The number of anilines is 2. The third kappa shape index (κ3) is 8.92. The Morgan fingerprint density at radius 2 is 0.842 bits per heavy atom. The maximum absolute atomic E-state index is 12.3. The van der Waals surface area contributed by atoms with Crippen LogP contribution in [0.2, 0.25) is 0 Å².